The fourth-order valence-corrected chi connectivity index (χ4v) is 4.95. The van der Waals surface area contributed by atoms with Gasteiger partial charge in [0, 0.05) is 24.9 Å². The highest BCUT2D eigenvalue weighted by Crippen LogP contribution is 2.35. The number of sulfonamides is 1. The van der Waals surface area contributed by atoms with Crippen LogP contribution in [0.4, 0.5) is 4.39 Å². The van der Waals surface area contributed by atoms with Crippen molar-refractivity contribution < 1.29 is 22.3 Å². The van der Waals surface area contributed by atoms with Crippen molar-refractivity contribution in [1.29, 1.82) is 0 Å². The lowest BCUT2D eigenvalue weighted by Crippen LogP contribution is -2.38. The smallest absolute Gasteiger partial charge is 0.243 e. The predicted molar refractivity (Wildman–Crippen MR) is 88.1 cm³/mol. The number of nitrogens with zero attached hydrogens (tertiary/aromatic N) is 1. The van der Waals surface area contributed by atoms with Gasteiger partial charge in [-0.15, -0.1) is 0 Å². The van der Waals surface area contributed by atoms with E-state index in [2.05, 4.69) is 0 Å². The van der Waals surface area contributed by atoms with Crippen molar-refractivity contribution in [3.63, 3.8) is 0 Å². The van der Waals surface area contributed by atoms with Gasteiger partial charge in [0.15, 0.2) is 11.6 Å². The van der Waals surface area contributed by atoms with Crippen LogP contribution in [0.25, 0.3) is 0 Å². The van der Waals surface area contributed by atoms with Crippen LogP contribution in [0, 0.1) is 5.82 Å². The molecule has 0 spiro atoms. The first-order chi connectivity index (χ1) is 11.4. The highest BCUT2D eigenvalue weighted by atomic mass is 32.2. The average molecular weight is 357 g/mol. The summed E-state index contributed by atoms with van der Waals surface area (Å²) in [7, 11) is -3.69. The zero-order valence-electron chi connectivity index (χ0n) is 14.1. The normalized spacial score (nSPS) is 19.9. The van der Waals surface area contributed by atoms with Gasteiger partial charge in [-0.1, -0.05) is 0 Å². The maximum absolute atomic E-state index is 14.4. The topological polar surface area (TPSA) is 55.8 Å². The fourth-order valence-electron chi connectivity index (χ4n) is 3.06. The molecule has 1 aromatic carbocycles. The molecule has 1 heterocycles. The Bertz CT molecular complexity index is 680. The Balaban J connectivity index is 1.80. The molecule has 1 aromatic rings. The van der Waals surface area contributed by atoms with E-state index in [0.717, 1.165) is 18.9 Å². The summed E-state index contributed by atoms with van der Waals surface area (Å²) < 4.78 is 52.4. The van der Waals surface area contributed by atoms with Gasteiger partial charge < -0.3 is 9.47 Å². The van der Waals surface area contributed by atoms with Gasteiger partial charge in [-0.05, 0) is 44.9 Å². The lowest BCUT2D eigenvalue weighted by molar-refractivity contribution is 0.0240. The number of benzene rings is 1. The first-order valence-corrected chi connectivity index (χ1v) is 9.91. The maximum Gasteiger partial charge on any atom is 0.243 e. The van der Waals surface area contributed by atoms with E-state index in [1.54, 1.807) is 0 Å². The van der Waals surface area contributed by atoms with Crippen molar-refractivity contribution in [2.75, 3.05) is 13.2 Å². The summed E-state index contributed by atoms with van der Waals surface area (Å²) in [5, 5.41) is 0. The lowest BCUT2D eigenvalue weighted by Gasteiger charge is -2.26. The van der Waals surface area contributed by atoms with Crippen molar-refractivity contribution in [1.82, 2.24) is 4.31 Å². The Hall–Kier alpha value is -1.18. The first-order valence-electron chi connectivity index (χ1n) is 8.47. The minimum atomic E-state index is -3.69. The predicted octanol–water partition coefficient (Wildman–Crippen LogP) is 2.95. The number of hydrogen-bond acceptors (Lipinski definition) is 4. The number of halogens is 1. The Morgan fingerprint density at radius 3 is 2.42 bits per heavy atom. The summed E-state index contributed by atoms with van der Waals surface area (Å²) in [6, 6.07) is 3.82. The molecule has 0 radical (unpaired) electrons. The summed E-state index contributed by atoms with van der Waals surface area (Å²) in [4.78, 5) is -0.0140. The summed E-state index contributed by atoms with van der Waals surface area (Å²) in [5.74, 6) is -0.537. The minimum absolute atomic E-state index is 0.0140. The standard InChI is InChI=1S/C17H24FNO4S/c1-12(2)19(13-3-4-13)24(20,21)15-5-6-17(16(18)11-15)23-14-7-9-22-10-8-14/h5-6,11-14H,3-4,7-10H2,1-2H3. The molecular weight excluding hydrogens is 333 g/mol. The van der Waals surface area contributed by atoms with Crippen LogP contribution in [0.1, 0.15) is 39.5 Å². The second kappa shape index (κ2) is 6.98. The van der Waals surface area contributed by atoms with Gasteiger partial charge in [0.2, 0.25) is 10.0 Å². The molecular formula is C17H24FNO4S. The second-order valence-corrected chi connectivity index (χ2v) is 8.52. The Labute approximate surface area is 142 Å². The highest BCUT2D eigenvalue weighted by Gasteiger charge is 2.40. The van der Waals surface area contributed by atoms with Crippen LogP contribution in [0.3, 0.4) is 0 Å². The van der Waals surface area contributed by atoms with Crippen LogP contribution in [0.15, 0.2) is 23.1 Å². The van der Waals surface area contributed by atoms with E-state index >= 15 is 0 Å². The molecule has 1 saturated carbocycles. The molecule has 2 fully saturated rings. The third-order valence-electron chi connectivity index (χ3n) is 4.36. The molecule has 0 unspecified atom stereocenters. The van der Waals surface area contributed by atoms with Crippen molar-refractivity contribution >= 4 is 10.0 Å². The van der Waals surface area contributed by atoms with Gasteiger partial charge in [-0.25, -0.2) is 12.8 Å². The molecule has 0 N–H and O–H groups in total. The van der Waals surface area contributed by atoms with Gasteiger partial charge >= 0.3 is 0 Å². The monoisotopic (exact) mass is 357 g/mol. The second-order valence-electron chi connectivity index (χ2n) is 6.68. The molecule has 134 valence electrons. The maximum atomic E-state index is 14.4. The quantitative estimate of drug-likeness (QED) is 0.785. The Kier molecular flexibility index (Phi) is 5.13. The van der Waals surface area contributed by atoms with Gasteiger partial charge in [-0.3, -0.25) is 0 Å². The number of rotatable bonds is 6. The number of ether oxygens (including phenoxy) is 2. The zero-order chi connectivity index (χ0) is 17.3. The molecule has 1 aliphatic carbocycles. The molecule has 2 aliphatic rings. The molecule has 0 atom stereocenters. The van der Waals surface area contributed by atoms with Gasteiger partial charge in [0.1, 0.15) is 6.10 Å². The molecule has 5 nitrogen and oxygen atoms in total. The SMILES string of the molecule is CC(C)N(C1CC1)S(=O)(=O)c1ccc(OC2CCOCC2)c(F)c1. The Morgan fingerprint density at radius 2 is 1.88 bits per heavy atom. The molecule has 0 bridgehead atoms. The van der Waals surface area contributed by atoms with Crippen LogP contribution in [0.5, 0.6) is 5.75 Å². The molecule has 7 heteroatoms. The molecule has 0 aromatic heterocycles. The van der Waals surface area contributed by atoms with Crippen molar-refractivity contribution in [3.8, 4) is 5.75 Å². The van der Waals surface area contributed by atoms with Gasteiger partial charge in [-0.2, -0.15) is 4.31 Å². The number of hydrogen-bond donors (Lipinski definition) is 0. The fraction of sp³-hybridized carbons (Fsp3) is 0.647. The summed E-state index contributed by atoms with van der Waals surface area (Å²) in [5.41, 5.74) is 0. The van der Waals surface area contributed by atoms with E-state index < -0.39 is 15.8 Å². The molecule has 0 amide bonds. The summed E-state index contributed by atoms with van der Waals surface area (Å²) >= 11 is 0. The largest absolute Gasteiger partial charge is 0.487 e. The summed E-state index contributed by atoms with van der Waals surface area (Å²) in [6.07, 6.45) is 3.06. The Morgan fingerprint density at radius 1 is 1.21 bits per heavy atom. The van der Waals surface area contributed by atoms with Crippen LogP contribution in [0.2, 0.25) is 0 Å². The van der Waals surface area contributed by atoms with Crippen LogP contribution in [-0.4, -0.2) is 44.1 Å². The minimum Gasteiger partial charge on any atom is -0.487 e. The van der Waals surface area contributed by atoms with Crippen LogP contribution in [-0.2, 0) is 14.8 Å². The van der Waals surface area contributed by atoms with E-state index in [0.29, 0.717) is 26.1 Å². The molecule has 24 heavy (non-hydrogen) atoms. The molecule has 1 aliphatic heterocycles. The highest BCUT2D eigenvalue weighted by molar-refractivity contribution is 7.89. The average Bonchev–Trinajstić information content (AvgIpc) is 3.34. The first kappa shape index (κ1) is 17.6. The van der Waals surface area contributed by atoms with Crippen molar-refractivity contribution in [2.45, 2.75) is 62.6 Å². The lowest BCUT2D eigenvalue weighted by atomic mass is 10.1. The van der Waals surface area contributed by atoms with Gasteiger partial charge in [0.25, 0.3) is 0 Å². The van der Waals surface area contributed by atoms with E-state index in [1.165, 1.54) is 16.4 Å². The van der Waals surface area contributed by atoms with Crippen molar-refractivity contribution in [2.24, 2.45) is 0 Å². The third kappa shape index (κ3) is 3.73. The van der Waals surface area contributed by atoms with Crippen LogP contribution >= 0.6 is 0 Å². The van der Waals surface area contributed by atoms with Crippen LogP contribution < -0.4 is 4.74 Å². The van der Waals surface area contributed by atoms with Crippen molar-refractivity contribution in [3.05, 3.63) is 24.0 Å². The van der Waals surface area contributed by atoms with E-state index in [1.807, 2.05) is 13.8 Å². The van der Waals surface area contributed by atoms with E-state index in [9.17, 15) is 12.8 Å². The van der Waals surface area contributed by atoms with Gasteiger partial charge in [0.05, 0.1) is 18.1 Å². The van der Waals surface area contributed by atoms with E-state index in [4.69, 9.17) is 9.47 Å². The molecule has 3 rings (SSSR count). The molecule has 1 saturated heterocycles. The zero-order valence-corrected chi connectivity index (χ0v) is 14.9. The summed E-state index contributed by atoms with van der Waals surface area (Å²) in [6.45, 7) is 4.89. The van der Waals surface area contributed by atoms with E-state index in [-0.39, 0.29) is 28.8 Å². The third-order valence-corrected chi connectivity index (χ3v) is 6.48.